The standard InChI is InChI=1S/C25H35NO4/c27-16-18-10-12-19(13-11-18)17-29-24-15-21(20-6-2-1-3-7-20)14-23(30-24)25(28)26-22-8-4-5-9-22/h10-14,20-22,24,27H,1-9,15-17H2,(H,26,28)/t21-,24+/m0/s1. The third-order valence-electron chi connectivity index (χ3n) is 6.90. The molecule has 2 N–H and O–H groups in total. The average molecular weight is 414 g/mol. The van der Waals surface area contributed by atoms with Crippen molar-refractivity contribution in [1.29, 1.82) is 0 Å². The average Bonchev–Trinajstić information content (AvgIpc) is 3.31. The van der Waals surface area contributed by atoms with E-state index in [0.29, 0.717) is 24.2 Å². The summed E-state index contributed by atoms with van der Waals surface area (Å²) in [6.45, 7) is 0.478. The van der Waals surface area contributed by atoms with E-state index in [0.717, 1.165) is 30.4 Å². The molecule has 0 radical (unpaired) electrons. The molecular weight excluding hydrogens is 378 g/mol. The number of allylic oxidation sites excluding steroid dienone is 1. The lowest BCUT2D eigenvalue weighted by Crippen LogP contribution is -2.38. The Kier molecular flexibility index (Phi) is 7.45. The van der Waals surface area contributed by atoms with E-state index in [2.05, 4.69) is 11.4 Å². The number of carbonyl (C=O) groups is 1. The number of ether oxygens (including phenoxy) is 2. The molecule has 1 aliphatic heterocycles. The number of rotatable bonds is 7. The molecule has 5 nitrogen and oxygen atoms in total. The number of amides is 1. The molecule has 2 atom stereocenters. The molecule has 0 spiro atoms. The van der Waals surface area contributed by atoms with Gasteiger partial charge in [0, 0.05) is 12.5 Å². The highest BCUT2D eigenvalue weighted by Gasteiger charge is 2.33. The summed E-state index contributed by atoms with van der Waals surface area (Å²) >= 11 is 0. The number of hydrogen-bond acceptors (Lipinski definition) is 4. The van der Waals surface area contributed by atoms with E-state index in [4.69, 9.17) is 9.47 Å². The van der Waals surface area contributed by atoms with Gasteiger partial charge < -0.3 is 19.9 Å². The van der Waals surface area contributed by atoms with Crippen LogP contribution in [0.5, 0.6) is 0 Å². The zero-order valence-electron chi connectivity index (χ0n) is 17.9. The first-order valence-corrected chi connectivity index (χ1v) is 11.7. The molecule has 0 unspecified atom stereocenters. The smallest absolute Gasteiger partial charge is 0.286 e. The molecular formula is C25H35NO4. The van der Waals surface area contributed by atoms with Crippen LogP contribution in [0.1, 0.15) is 75.3 Å². The fraction of sp³-hybridized carbons (Fsp3) is 0.640. The van der Waals surface area contributed by atoms with Crippen molar-refractivity contribution in [2.24, 2.45) is 11.8 Å². The summed E-state index contributed by atoms with van der Waals surface area (Å²) in [5.41, 5.74) is 1.93. The minimum atomic E-state index is -0.399. The van der Waals surface area contributed by atoms with Crippen molar-refractivity contribution in [1.82, 2.24) is 5.32 Å². The third-order valence-corrected chi connectivity index (χ3v) is 6.90. The summed E-state index contributed by atoms with van der Waals surface area (Å²) in [5, 5.41) is 12.4. The molecule has 4 rings (SSSR count). The van der Waals surface area contributed by atoms with Crippen molar-refractivity contribution < 1.29 is 19.4 Å². The molecule has 30 heavy (non-hydrogen) atoms. The van der Waals surface area contributed by atoms with Crippen LogP contribution in [0.4, 0.5) is 0 Å². The first kappa shape index (κ1) is 21.4. The van der Waals surface area contributed by atoms with Gasteiger partial charge >= 0.3 is 0 Å². The zero-order chi connectivity index (χ0) is 20.8. The summed E-state index contributed by atoms with van der Waals surface area (Å²) in [5.74, 6) is 1.32. The number of nitrogens with one attached hydrogen (secondary N) is 1. The van der Waals surface area contributed by atoms with Crippen molar-refractivity contribution in [3.8, 4) is 0 Å². The van der Waals surface area contributed by atoms with Crippen LogP contribution in [-0.2, 0) is 27.5 Å². The summed E-state index contributed by atoms with van der Waals surface area (Å²) in [7, 11) is 0. The molecule has 2 fully saturated rings. The van der Waals surface area contributed by atoms with Crippen molar-refractivity contribution in [2.75, 3.05) is 0 Å². The summed E-state index contributed by atoms with van der Waals surface area (Å²) < 4.78 is 12.1. The Hall–Kier alpha value is -1.85. The zero-order valence-corrected chi connectivity index (χ0v) is 17.9. The van der Waals surface area contributed by atoms with Crippen LogP contribution in [0.3, 0.4) is 0 Å². The van der Waals surface area contributed by atoms with Gasteiger partial charge in [0.25, 0.3) is 5.91 Å². The number of aliphatic hydroxyl groups is 1. The van der Waals surface area contributed by atoms with Crippen molar-refractivity contribution in [2.45, 2.75) is 89.8 Å². The van der Waals surface area contributed by atoms with E-state index < -0.39 is 6.29 Å². The van der Waals surface area contributed by atoms with E-state index in [9.17, 15) is 9.90 Å². The van der Waals surface area contributed by atoms with Gasteiger partial charge in [0.2, 0.25) is 6.29 Å². The molecule has 1 aromatic carbocycles. The SMILES string of the molecule is O=C(NC1CCCC1)C1=C[C@H](C2CCCCC2)C[C@H](OCc2ccc(CO)cc2)O1. The Morgan fingerprint density at radius 2 is 1.67 bits per heavy atom. The Labute approximate surface area is 179 Å². The fourth-order valence-corrected chi connectivity index (χ4v) is 5.09. The van der Waals surface area contributed by atoms with Crippen molar-refractivity contribution >= 4 is 5.91 Å². The van der Waals surface area contributed by atoms with E-state index in [1.807, 2.05) is 24.3 Å². The van der Waals surface area contributed by atoms with Gasteiger partial charge in [-0.3, -0.25) is 4.79 Å². The monoisotopic (exact) mass is 413 g/mol. The minimum Gasteiger partial charge on any atom is -0.459 e. The molecule has 2 saturated carbocycles. The maximum absolute atomic E-state index is 12.9. The van der Waals surface area contributed by atoms with Crippen LogP contribution in [0.2, 0.25) is 0 Å². The Balaban J connectivity index is 1.41. The molecule has 1 amide bonds. The quantitative estimate of drug-likeness (QED) is 0.687. The van der Waals surface area contributed by atoms with Gasteiger partial charge in [-0.1, -0.05) is 56.4 Å². The van der Waals surface area contributed by atoms with Gasteiger partial charge in [0.1, 0.15) is 0 Å². The van der Waals surface area contributed by atoms with Gasteiger partial charge in [-0.2, -0.15) is 0 Å². The van der Waals surface area contributed by atoms with E-state index >= 15 is 0 Å². The molecule has 1 aromatic rings. The highest BCUT2D eigenvalue weighted by molar-refractivity contribution is 5.91. The van der Waals surface area contributed by atoms with E-state index in [1.165, 1.54) is 44.9 Å². The molecule has 0 aromatic heterocycles. The molecule has 1 heterocycles. The molecule has 0 saturated heterocycles. The maximum atomic E-state index is 12.9. The van der Waals surface area contributed by atoms with Crippen LogP contribution in [0, 0.1) is 11.8 Å². The third kappa shape index (κ3) is 5.64. The number of carbonyl (C=O) groups excluding carboxylic acids is 1. The highest BCUT2D eigenvalue weighted by Crippen LogP contribution is 2.37. The van der Waals surface area contributed by atoms with Crippen LogP contribution in [0.25, 0.3) is 0 Å². The van der Waals surface area contributed by atoms with E-state index in [1.54, 1.807) is 0 Å². The summed E-state index contributed by atoms with van der Waals surface area (Å²) in [6, 6.07) is 8.03. The van der Waals surface area contributed by atoms with Crippen molar-refractivity contribution in [3.05, 3.63) is 47.2 Å². The molecule has 3 aliphatic rings. The van der Waals surface area contributed by atoms with E-state index in [-0.39, 0.29) is 18.6 Å². The van der Waals surface area contributed by atoms with Gasteiger partial charge in [-0.05, 0) is 54.7 Å². The largest absolute Gasteiger partial charge is 0.459 e. The molecule has 2 aliphatic carbocycles. The highest BCUT2D eigenvalue weighted by atomic mass is 16.7. The lowest BCUT2D eigenvalue weighted by Gasteiger charge is -2.35. The second kappa shape index (κ2) is 10.5. The van der Waals surface area contributed by atoms with Gasteiger partial charge in [-0.25, -0.2) is 0 Å². The second-order valence-corrected chi connectivity index (χ2v) is 9.12. The second-order valence-electron chi connectivity index (χ2n) is 9.12. The number of benzene rings is 1. The summed E-state index contributed by atoms with van der Waals surface area (Å²) in [6.07, 6.45) is 13.3. The predicted molar refractivity (Wildman–Crippen MR) is 115 cm³/mol. The Morgan fingerprint density at radius 1 is 1.00 bits per heavy atom. The fourth-order valence-electron chi connectivity index (χ4n) is 5.09. The minimum absolute atomic E-state index is 0.0419. The lowest BCUT2D eigenvalue weighted by atomic mass is 9.77. The lowest BCUT2D eigenvalue weighted by molar-refractivity contribution is -0.156. The molecule has 5 heteroatoms. The first-order chi connectivity index (χ1) is 14.7. The number of aliphatic hydroxyl groups excluding tert-OH is 1. The predicted octanol–water partition coefficient (Wildman–Crippen LogP) is 4.58. The van der Waals surface area contributed by atoms with Gasteiger partial charge in [-0.15, -0.1) is 0 Å². The van der Waals surface area contributed by atoms with Crippen molar-refractivity contribution in [3.63, 3.8) is 0 Å². The Morgan fingerprint density at radius 3 is 2.37 bits per heavy atom. The Bertz CT molecular complexity index is 717. The van der Waals surface area contributed by atoms with Crippen LogP contribution in [-0.4, -0.2) is 23.3 Å². The van der Waals surface area contributed by atoms with Crippen LogP contribution in [0.15, 0.2) is 36.1 Å². The maximum Gasteiger partial charge on any atom is 0.286 e. The first-order valence-electron chi connectivity index (χ1n) is 11.7. The van der Waals surface area contributed by atoms with Gasteiger partial charge in [0.15, 0.2) is 5.76 Å². The molecule has 0 bridgehead atoms. The molecule has 164 valence electrons. The summed E-state index contributed by atoms with van der Waals surface area (Å²) in [4.78, 5) is 12.9. The van der Waals surface area contributed by atoms with Gasteiger partial charge in [0.05, 0.1) is 13.2 Å². The van der Waals surface area contributed by atoms with Crippen LogP contribution < -0.4 is 5.32 Å². The van der Waals surface area contributed by atoms with Crippen LogP contribution >= 0.6 is 0 Å². The normalized spacial score (nSPS) is 25.6. The topological polar surface area (TPSA) is 67.8 Å². The number of hydrogen-bond donors (Lipinski definition) is 2.